The number of H-pyrrole nitrogens is 1. The number of methoxy groups -OCH3 is 1. The maximum Gasteiger partial charge on any atom is 0.223 e. The molecule has 0 saturated heterocycles. The second kappa shape index (κ2) is 7.92. The van der Waals surface area contributed by atoms with Crippen LogP contribution in [0.25, 0.3) is 0 Å². The molecule has 128 valence electrons. The number of nitrogens with one attached hydrogen (secondary N) is 2. The van der Waals surface area contributed by atoms with Crippen molar-refractivity contribution < 1.29 is 14.3 Å². The van der Waals surface area contributed by atoms with Crippen LogP contribution in [0.5, 0.6) is 5.88 Å². The van der Waals surface area contributed by atoms with E-state index in [1.54, 1.807) is 25.7 Å². The Kier molecular flexibility index (Phi) is 5.43. The predicted octanol–water partition coefficient (Wildman–Crippen LogP) is 1.25. The first-order valence-electron chi connectivity index (χ1n) is 8.11. The Balaban J connectivity index is 1.46. The van der Waals surface area contributed by atoms with E-state index >= 15 is 0 Å². The van der Waals surface area contributed by atoms with Crippen molar-refractivity contribution >= 4 is 5.91 Å². The van der Waals surface area contributed by atoms with Crippen molar-refractivity contribution in [1.29, 1.82) is 0 Å². The standard InChI is InChI=1S/C17H22N4O3/c1-23-6-7-24-16-5-2-12(9-18-16)10-19-17(22)13-3-4-14-15(8-13)21-11-20-14/h2,5,9,11,13H,3-4,6-8,10H2,1H3,(H,19,22)(H,20,21). The first kappa shape index (κ1) is 16.4. The molecule has 0 spiro atoms. The van der Waals surface area contributed by atoms with Gasteiger partial charge >= 0.3 is 0 Å². The molecule has 2 N–H and O–H groups in total. The smallest absolute Gasteiger partial charge is 0.223 e. The lowest BCUT2D eigenvalue weighted by Crippen LogP contribution is -2.33. The molecule has 0 radical (unpaired) electrons. The van der Waals surface area contributed by atoms with Gasteiger partial charge in [-0.3, -0.25) is 4.79 Å². The monoisotopic (exact) mass is 330 g/mol. The summed E-state index contributed by atoms with van der Waals surface area (Å²) in [5.74, 6) is 0.638. The second-order valence-corrected chi connectivity index (χ2v) is 5.83. The van der Waals surface area contributed by atoms with Crippen LogP contribution in [-0.4, -0.2) is 41.2 Å². The van der Waals surface area contributed by atoms with Crippen LogP contribution in [0.2, 0.25) is 0 Å². The third kappa shape index (κ3) is 4.11. The lowest BCUT2D eigenvalue weighted by Gasteiger charge is -2.20. The Labute approximate surface area is 140 Å². The molecular weight excluding hydrogens is 308 g/mol. The number of fused-ring (bicyclic) bond motifs is 1. The van der Waals surface area contributed by atoms with Gasteiger partial charge in [0.05, 0.1) is 18.6 Å². The normalized spacial score (nSPS) is 16.5. The van der Waals surface area contributed by atoms with Crippen LogP contribution in [0.15, 0.2) is 24.7 Å². The van der Waals surface area contributed by atoms with Crippen molar-refractivity contribution in [2.75, 3.05) is 20.3 Å². The number of pyridine rings is 1. The molecule has 1 aliphatic rings. The van der Waals surface area contributed by atoms with E-state index in [2.05, 4.69) is 20.3 Å². The molecule has 0 saturated carbocycles. The zero-order valence-corrected chi connectivity index (χ0v) is 13.7. The first-order valence-corrected chi connectivity index (χ1v) is 8.11. The molecule has 2 aromatic heterocycles. The van der Waals surface area contributed by atoms with E-state index in [1.165, 1.54) is 0 Å². The topological polar surface area (TPSA) is 89.1 Å². The predicted molar refractivity (Wildman–Crippen MR) is 87.6 cm³/mol. The molecule has 0 bridgehead atoms. The van der Waals surface area contributed by atoms with Crippen molar-refractivity contribution in [3.8, 4) is 5.88 Å². The van der Waals surface area contributed by atoms with E-state index in [1.807, 2.05) is 6.07 Å². The summed E-state index contributed by atoms with van der Waals surface area (Å²) >= 11 is 0. The van der Waals surface area contributed by atoms with E-state index in [0.29, 0.717) is 25.6 Å². The average Bonchev–Trinajstić information content (AvgIpc) is 3.08. The maximum atomic E-state index is 12.3. The summed E-state index contributed by atoms with van der Waals surface area (Å²) in [6.07, 6.45) is 5.84. The van der Waals surface area contributed by atoms with Gasteiger partial charge in [0.15, 0.2) is 0 Å². The Morgan fingerprint density at radius 2 is 2.29 bits per heavy atom. The fourth-order valence-electron chi connectivity index (χ4n) is 2.79. The average molecular weight is 330 g/mol. The number of aromatic amines is 1. The highest BCUT2D eigenvalue weighted by Gasteiger charge is 2.25. The third-order valence-electron chi connectivity index (χ3n) is 4.16. The molecule has 0 aromatic carbocycles. The number of hydrogen-bond acceptors (Lipinski definition) is 5. The zero-order chi connectivity index (χ0) is 16.8. The number of aromatic nitrogens is 3. The van der Waals surface area contributed by atoms with Gasteiger partial charge in [-0.2, -0.15) is 0 Å². The van der Waals surface area contributed by atoms with Gasteiger partial charge in [-0.05, 0) is 18.4 Å². The summed E-state index contributed by atoms with van der Waals surface area (Å²) in [6, 6.07) is 3.71. The van der Waals surface area contributed by atoms with Crippen molar-refractivity contribution in [2.24, 2.45) is 5.92 Å². The van der Waals surface area contributed by atoms with Crippen LogP contribution in [-0.2, 0) is 28.9 Å². The molecular formula is C17H22N4O3. The van der Waals surface area contributed by atoms with E-state index in [4.69, 9.17) is 9.47 Å². The van der Waals surface area contributed by atoms with Gasteiger partial charge in [-0.25, -0.2) is 9.97 Å². The van der Waals surface area contributed by atoms with Crippen LogP contribution in [0.3, 0.4) is 0 Å². The Morgan fingerprint density at radius 3 is 3.08 bits per heavy atom. The van der Waals surface area contributed by atoms with Gasteiger partial charge in [-0.1, -0.05) is 6.07 Å². The van der Waals surface area contributed by atoms with E-state index < -0.39 is 0 Å². The van der Waals surface area contributed by atoms with Gasteiger partial charge in [0.2, 0.25) is 11.8 Å². The Bertz CT molecular complexity index is 669. The number of hydrogen-bond donors (Lipinski definition) is 2. The number of rotatable bonds is 7. The molecule has 1 amide bonds. The summed E-state index contributed by atoms with van der Waals surface area (Å²) in [5, 5.41) is 2.99. The number of carbonyl (C=O) groups is 1. The zero-order valence-electron chi connectivity index (χ0n) is 13.7. The molecule has 1 aliphatic carbocycles. The number of ether oxygens (including phenoxy) is 2. The summed E-state index contributed by atoms with van der Waals surface area (Å²) in [4.78, 5) is 23.9. The fraction of sp³-hybridized carbons (Fsp3) is 0.471. The van der Waals surface area contributed by atoms with E-state index in [9.17, 15) is 4.79 Å². The van der Waals surface area contributed by atoms with E-state index in [-0.39, 0.29) is 11.8 Å². The first-order chi connectivity index (χ1) is 11.8. The van der Waals surface area contributed by atoms with Crippen LogP contribution in [0.4, 0.5) is 0 Å². The lowest BCUT2D eigenvalue weighted by atomic mass is 9.89. The highest BCUT2D eigenvalue weighted by atomic mass is 16.5. The van der Waals surface area contributed by atoms with Gasteiger partial charge < -0.3 is 19.8 Å². The summed E-state index contributed by atoms with van der Waals surface area (Å²) in [5.41, 5.74) is 3.12. The van der Waals surface area contributed by atoms with Crippen molar-refractivity contribution in [1.82, 2.24) is 20.3 Å². The van der Waals surface area contributed by atoms with E-state index in [0.717, 1.165) is 36.2 Å². The van der Waals surface area contributed by atoms with Gasteiger partial charge in [-0.15, -0.1) is 0 Å². The van der Waals surface area contributed by atoms with Gasteiger partial charge in [0.1, 0.15) is 6.61 Å². The fourth-order valence-corrected chi connectivity index (χ4v) is 2.79. The lowest BCUT2D eigenvalue weighted by molar-refractivity contribution is -0.125. The van der Waals surface area contributed by atoms with Crippen LogP contribution >= 0.6 is 0 Å². The molecule has 1 unspecified atom stereocenters. The van der Waals surface area contributed by atoms with Crippen LogP contribution in [0.1, 0.15) is 23.4 Å². The van der Waals surface area contributed by atoms with Gasteiger partial charge in [0.25, 0.3) is 0 Å². The highest BCUT2D eigenvalue weighted by Crippen LogP contribution is 2.23. The summed E-state index contributed by atoms with van der Waals surface area (Å²) < 4.78 is 10.3. The molecule has 1 atom stereocenters. The molecule has 24 heavy (non-hydrogen) atoms. The van der Waals surface area contributed by atoms with Crippen molar-refractivity contribution in [2.45, 2.75) is 25.8 Å². The Morgan fingerprint density at radius 1 is 1.38 bits per heavy atom. The SMILES string of the molecule is COCCOc1ccc(CNC(=O)C2CCc3nc[nH]c3C2)cn1. The number of aryl methyl sites for hydroxylation is 1. The highest BCUT2D eigenvalue weighted by molar-refractivity contribution is 5.79. The Hall–Kier alpha value is -2.41. The number of amides is 1. The summed E-state index contributed by atoms with van der Waals surface area (Å²) in [7, 11) is 1.63. The molecule has 3 rings (SSSR count). The van der Waals surface area contributed by atoms with Gasteiger partial charge in [0, 0.05) is 44.0 Å². The largest absolute Gasteiger partial charge is 0.475 e. The quantitative estimate of drug-likeness (QED) is 0.746. The van der Waals surface area contributed by atoms with Crippen LogP contribution < -0.4 is 10.1 Å². The molecule has 0 aliphatic heterocycles. The summed E-state index contributed by atoms with van der Waals surface area (Å²) in [6.45, 7) is 1.46. The number of imidazole rings is 1. The second-order valence-electron chi connectivity index (χ2n) is 5.83. The minimum absolute atomic E-state index is 0.00237. The molecule has 0 fully saturated rings. The maximum absolute atomic E-state index is 12.3. The molecule has 2 aromatic rings. The minimum atomic E-state index is 0.00237. The van der Waals surface area contributed by atoms with Crippen LogP contribution in [0, 0.1) is 5.92 Å². The number of carbonyl (C=O) groups excluding carboxylic acids is 1. The van der Waals surface area contributed by atoms with Crippen molar-refractivity contribution in [3.05, 3.63) is 41.6 Å². The molecule has 2 heterocycles. The molecule has 7 nitrogen and oxygen atoms in total. The third-order valence-corrected chi connectivity index (χ3v) is 4.16. The van der Waals surface area contributed by atoms with Crippen molar-refractivity contribution in [3.63, 3.8) is 0 Å². The number of nitrogens with zero attached hydrogens (tertiary/aromatic N) is 2. The minimum Gasteiger partial charge on any atom is -0.475 e. The molecule has 7 heteroatoms.